The Bertz CT molecular complexity index is 1130. The van der Waals surface area contributed by atoms with Crippen molar-refractivity contribution in [1.82, 2.24) is 4.57 Å². The Morgan fingerprint density at radius 1 is 1.27 bits per heavy atom. The standard InChI is InChI=1S/C19H14FN3O2S/c20-17-11(2-1-3-15(17)25-14-6-7-14)8-16-18(24)23(13-4-5-13)19(26-16)12(9-21)10-22/h1-3,8,13-14H,4-7H2. The summed E-state index contributed by atoms with van der Waals surface area (Å²) in [5.74, 6) is -0.321. The molecule has 0 spiro atoms. The van der Waals surface area contributed by atoms with Crippen molar-refractivity contribution in [2.75, 3.05) is 0 Å². The highest BCUT2D eigenvalue weighted by atomic mass is 32.1. The summed E-state index contributed by atoms with van der Waals surface area (Å²) in [6, 6.07) is 8.54. The van der Waals surface area contributed by atoms with E-state index in [0.717, 1.165) is 37.0 Å². The zero-order valence-corrected chi connectivity index (χ0v) is 14.6. The molecular weight excluding hydrogens is 353 g/mol. The number of nitrogens with zero attached hydrogens (tertiary/aromatic N) is 3. The summed E-state index contributed by atoms with van der Waals surface area (Å²) < 4.78 is 22.4. The minimum Gasteiger partial charge on any atom is -0.487 e. The molecule has 2 saturated carbocycles. The Balaban J connectivity index is 1.88. The summed E-state index contributed by atoms with van der Waals surface area (Å²) in [6.45, 7) is 0. The molecule has 2 fully saturated rings. The highest BCUT2D eigenvalue weighted by molar-refractivity contribution is 7.07. The molecule has 0 radical (unpaired) electrons. The van der Waals surface area contributed by atoms with E-state index in [1.54, 1.807) is 18.2 Å². The van der Waals surface area contributed by atoms with Crippen LogP contribution in [0.25, 0.3) is 11.6 Å². The van der Waals surface area contributed by atoms with Crippen LogP contribution >= 0.6 is 11.3 Å². The second-order valence-corrected chi connectivity index (χ2v) is 7.43. The predicted octanol–water partition coefficient (Wildman–Crippen LogP) is 1.95. The Morgan fingerprint density at radius 2 is 2.00 bits per heavy atom. The van der Waals surface area contributed by atoms with Gasteiger partial charge in [-0.05, 0) is 37.8 Å². The first-order chi connectivity index (χ1) is 12.6. The molecule has 0 saturated heterocycles. The molecule has 0 bridgehead atoms. The van der Waals surface area contributed by atoms with E-state index in [2.05, 4.69) is 0 Å². The van der Waals surface area contributed by atoms with Gasteiger partial charge in [0.15, 0.2) is 17.1 Å². The van der Waals surface area contributed by atoms with Crippen LogP contribution in [0.1, 0.15) is 37.3 Å². The van der Waals surface area contributed by atoms with Gasteiger partial charge in [0, 0.05) is 11.6 Å². The van der Waals surface area contributed by atoms with Crippen LogP contribution in [-0.2, 0) is 0 Å². The number of aromatic nitrogens is 1. The van der Waals surface area contributed by atoms with Gasteiger partial charge in [0.2, 0.25) is 0 Å². The first-order valence-electron chi connectivity index (χ1n) is 8.35. The highest BCUT2D eigenvalue weighted by Crippen LogP contribution is 2.32. The summed E-state index contributed by atoms with van der Waals surface area (Å²) >= 11 is 1.05. The van der Waals surface area contributed by atoms with E-state index in [1.807, 2.05) is 12.1 Å². The molecule has 1 aromatic heterocycles. The fraction of sp³-hybridized carbons (Fsp3) is 0.316. The first-order valence-corrected chi connectivity index (χ1v) is 9.16. The van der Waals surface area contributed by atoms with E-state index < -0.39 is 5.82 Å². The number of nitriles is 2. The van der Waals surface area contributed by atoms with Crippen molar-refractivity contribution in [3.05, 3.63) is 49.1 Å². The van der Waals surface area contributed by atoms with Gasteiger partial charge in [-0.25, -0.2) is 4.39 Å². The van der Waals surface area contributed by atoms with Crippen LogP contribution in [0.4, 0.5) is 4.39 Å². The number of hydrogen-bond acceptors (Lipinski definition) is 5. The molecule has 7 heteroatoms. The third-order valence-corrected chi connectivity index (χ3v) is 5.41. The van der Waals surface area contributed by atoms with Gasteiger partial charge in [0.1, 0.15) is 16.8 Å². The van der Waals surface area contributed by atoms with Gasteiger partial charge >= 0.3 is 0 Å². The van der Waals surface area contributed by atoms with Gasteiger partial charge in [-0.1, -0.05) is 12.1 Å². The largest absolute Gasteiger partial charge is 0.487 e. The summed E-state index contributed by atoms with van der Waals surface area (Å²) in [6.07, 6.45) is 5.07. The van der Waals surface area contributed by atoms with Crippen LogP contribution < -0.4 is 19.5 Å². The molecule has 2 aliphatic carbocycles. The van der Waals surface area contributed by atoms with E-state index in [1.165, 1.54) is 10.6 Å². The fourth-order valence-electron chi connectivity index (χ4n) is 2.69. The molecule has 4 rings (SSSR count). The van der Waals surface area contributed by atoms with Crippen molar-refractivity contribution in [2.24, 2.45) is 0 Å². The number of halogens is 1. The lowest BCUT2D eigenvalue weighted by Crippen LogP contribution is -2.31. The van der Waals surface area contributed by atoms with Crippen molar-refractivity contribution in [2.45, 2.75) is 37.8 Å². The zero-order valence-electron chi connectivity index (χ0n) is 13.7. The van der Waals surface area contributed by atoms with Crippen molar-refractivity contribution in [1.29, 1.82) is 10.5 Å². The maximum Gasteiger partial charge on any atom is 0.269 e. The van der Waals surface area contributed by atoms with Crippen LogP contribution in [0.2, 0.25) is 0 Å². The van der Waals surface area contributed by atoms with Gasteiger partial charge in [0.05, 0.1) is 10.6 Å². The monoisotopic (exact) mass is 367 g/mol. The molecule has 2 aromatic rings. The molecule has 0 atom stereocenters. The molecule has 5 nitrogen and oxygen atoms in total. The van der Waals surface area contributed by atoms with E-state index in [4.69, 9.17) is 15.3 Å². The molecule has 0 amide bonds. The third-order valence-electron chi connectivity index (χ3n) is 4.30. The van der Waals surface area contributed by atoms with Crippen LogP contribution in [0.3, 0.4) is 0 Å². The molecule has 26 heavy (non-hydrogen) atoms. The minimum atomic E-state index is -0.503. The molecule has 130 valence electrons. The zero-order chi connectivity index (χ0) is 18.3. The van der Waals surface area contributed by atoms with Crippen molar-refractivity contribution in [3.63, 3.8) is 0 Å². The second kappa shape index (κ2) is 6.44. The maximum absolute atomic E-state index is 14.7. The minimum absolute atomic E-state index is 0.0157. The van der Waals surface area contributed by atoms with Crippen molar-refractivity contribution >= 4 is 23.0 Å². The second-order valence-electron chi connectivity index (χ2n) is 6.40. The molecule has 1 heterocycles. The SMILES string of the molecule is N#CC(C#N)=c1sc(=Cc2cccc(OC3CC3)c2F)c(=O)n1C1CC1. The number of thiazole rings is 1. The lowest BCUT2D eigenvalue weighted by Gasteiger charge is -2.06. The highest BCUT2D eigenvalue weighted by Gasteiger charge is 2.28. The van der Waals surface area contributed by atoms with Crippen molar-refractivity contribution in [3.8, 4) is 17.9 Å². The van der Waals surface area contributed by atoms with E-state index >= 15 is 0 Å². The fourth-order valence-corrected chi connectivity index (χ4v) is 3.80. The number of ether oxygens (including phenoxy) is 1. The van der Waals surface area contributed by atoms with Crippen LogP contribution in [0.15, 0.2) is 23.0 Å². The van der Waals surface area contributed by atoms with Gasteiger partial charge in [-0.15, -0.1) is 11.3 Å². The lowest BCUT2D eigenvalue weighted by molar-refractivity contribution is 0.287. The van der Waals surface area contributed by atoms with Crippen LogP contribution in [0, 0.1) is 28.5 Å². The predicted molar refractivity (Wildman–Crippen MR) is 94.4 cm³/mol. The molecule has 0 unspecified atom stereocenters. The Kier molecular flexibility index (Phi) is 4.10. The maximum atomic E-state index is 14.7. The number of rotatable bonds is 4. The normalized spacial score (nSPS) is 16.8. The van der Waals surface area contributed by atoms with E-state index in [-0.39, 0.29) is 34.6 Å². The Labute approximate surface area is 152 Å². The van der Waals surface area contributed by atoms with Gasteiger partial charge < -0.3 is 4.74 Å². The summed E-state index contributed by atoms with van der Waals surface area (Å²) in [7, 11) is 0. The van der Waals surface area contributed by atoms with E-state index in [0.29, 0.717) is 9.20 Å². The average Bonchev–Trinajstić information content (AvgIpc) is 3.54. The lowest BCUT2D eigenvalue weighted by atomic mass is 10.2. The van der Waals surface area contributed by atoms with Gasteiger partial charge in [0.25, 0.3) is 5.56 Å². The average molecular weight is 367 g/mol. The van der Waals surface area contributed by atoms with Crippen molar-refractivity contribution < 1.29 is 9.13 Å². The van der Waals surface area contributed by atoms with Gasteiger partial charge in [-0.3, -0.25) is 9.36 Å². The quantitative estimate of drug-likeness (QED) is 0.827. The Morgan fingerprint density at radius 3 is 2.62 bits per heavy atom. The smallest absolute Gasteiger partial charge is 0.269 e. The topological polar surface area (TPSA) is 78.8 Å². The summed E-state index contributed by atoms with van der Waals surface area (Å²) in [4.78, 5) is 12.8. The molecule has 0 N–H and O–H groups in total. The number of benzene rings is 1. The van der Waals surface area contributed by atoms with Crippen LogP contribution in [-0.4, -0.2) is 10.7 Å². The third kappa shape index (κ3) is 3.02. The first kappa shape index (κ1) is 16.6. The summed E-state index contributed by atoms with van der Waals surface area (Å²) in [5, 5.41) is 18.3. The number of hydrogen-bond donors (Lipinski definition) is 0. The van der Waals surface area contributed by atoms with Gasteiger partial charge in [-0.2, -0.15) is 10.5 Å². The molecule has 2 aliphatic rings. The summed E-state index contributed by atoms with van der Waals surface area (Å²) in [5.41, 5.74) is -0.125. The molecule has 0 aliphatic heterocycles. The Hall–Kier alpha value is -2.90. The molecular formula is C19H14FN3O2S. The van der Waals surface area contributed by atoms with Crippen LogP contribution in [0.5, 0.6) is 5.75 Å². The van der Waals surface area contributed by atoms with E-state index in [9.17, 15) is 9.18 Å². The molecule has 1 aromatic carbocycles.